The molecule has 4 nitrogen and oxygen atoms in total. The summed E-state index contributed by atoms with van der Waals surface area (Å²) in [5, 5.41) is 7.75. The molecule has 68 valence electrons. The van der Waals surface area contributed by atoms with E-state index in [1.54, 1.807) is 0 Å². The largest absolute Gasteiger partial charge is 0.423 e. The molecular formula is C8H15N3O. The van der Waals surface area contributed by atoms with Gasteiger partial charge in [0.2, 0.25) is 11.8 Å². The minimum atomic E-state index is -0.542. The minimum absolute atomic E-state index is 0.258. The van der Waals surface area contributed by atoms with Crippen LogP contribution >= 0.6 is 0 Å². The molecule has 2 N–H and O–H groups in total. The third kappa shape index (κ3) is 1.82. The average molecular weight is 169 g/mol. The lowest BCUT2D eigenvalue weighted by Gasteiger charge is -2.11. The molecular weight excluding hydrogens is 154 g/mol. The zero-order valence-electron chi connectivity index (χ0n) is 7.96. The molecule has 0 saturated heterocycles. The maximum atomic E-state index is 5.77. The number of nitrogens with zero attached hydrogens (tertiary/aromatic N) is 2. The molecule has 0 aliphatic carbocycles. The van der Waals surface area contributed by atoms with Crippen molar-refractivity contribution in [2.75, 3.05) is 0 Å². The Morgan fingerprint density at radius 3 is 2.17 bits per heavy atom. The van der Waals surface area contributed by atoms with Crippen LogP contribution in [0.1, 0.15) is 45.4 Å². The molecule has 0 unspecified atom stereocenters. The number of hydrogen-bond acceptors (Lipinski definition) is 4. The van der Waals surface area contributed by atoms with Gasteiger partial charge in [0.1, 0.15) is 0 Å². The van der Waals surface area contributed by atoms with Crippen LogP contribution in [0.2, 0.25) is 0 Å². The third-order valence-corrected chi connectivity index (χ3v) is 1.49. The van der Waals surface area contributed by atoms with E-state index in [2.05, 4.69) is 10.2 Å². The second-order valence-electron chi connectivity index (χ2n) is 3.82. The van der Waals surface area contributed by atoms with Crippen LogP contribution in [0.15, 0.2) is 4.42 Å². The first-order chi connectivity index (χ1) is 5.41. The van der Waals surface area contributed by atoms with E-state index in [9.17, 15) is 0 Å². The van der Waals surface area contributed by atoms with Crippen LogP contribution in [0.25, 0.3) is 0 Å². The summed E-state index contributed by atoms with van der Waals surface area (Å²) in [5.74, 6) is 1.39. The van der Waals surface area contributed by atoms with Gasteiger partial charge in [-0.05, 0) is 13.8 Å². The van der Waals surface area contributed by atoms with E-state index in [1.165, 1.54) is 0 Å². The molecule has 0 aromatic carbocycles. The summed E-state index contributed by atoms with van der Waals surface area (Å²) in [4.78, 5) is 0. The molecule has 0 bridgehead atoms. The van der Waals surface area contributed by atoms with E-state index in [4.69, 9.17) is 10.2 Å². The summed E-state index contributed by atoms with van der Waals surface area (Å²) in [6.07, 6.45) is 0. The smallest absolute Gasteiger partial charge is 0.235 e. The summed E-state index contributed by atoms with van der Waals surface area (Å²) in [6, 6.07) is 0. The van der Waals surface area contributed by atoms with Crippen LogP contribution in [-0.4, -0.2) is 10.2 Å². The number of nitrogens with two attached hydrogens (primary N) is 1. The molecule has 12 heavy (non-hydrogen) atoms. The maximum Gasteiger partial charge on any atom is 0.235 e. The van der Waals surface area contributed by atoms with Crippen molar-refractivity contribution in [2.45, 2.75) is 39.2 Å². The molecule has 1 heterocycles. The summed E-state index contributed by atoms with van der Waals surface area (Å²) in [7, 11) is 0. The first kappa shape index (κ1) is 9.19. The first-order valence-electron chi connectivity index (χ1n) is 4.04. The van der Waals surface area contributed by atoms with Crippen molar-refractivity contribution in [3.8, 4) is 0 Å². The Morgan fingerprint density at radius 2 is 1.92 bits per heavy atom. The van der Waals surface area contributed by atoms with Crippen molar-refractivity contribution >= 4 is 0 Å². The predicted molar refractivity (Wildman–Crippen MR) is 45.6 cm³/mol. The molecule has 0 aliphatic rings. The maximum absolute atomic E-state index is 5.77. The van der Waals surface area contributed by atoms with Crippen molar-refractivity contribution in [1.82, 2.24) is 10.2 Å². The summed E-state index contributed by atoms with van der Waals surface area (Å²) in [5.41, 5.74) is 5.23. The lowest BCUT2D eigenvalue weighted by atomic mass is 10.1. The van der Waals surface area contributed by atoms with Crippen molar-refractivity contribution in [3.05, 3.63) is 11.8 Å². The Hall–Kier alpha value is -0.900. The highest BCUT2D eigenvalue weighted by Gasteiger charge is 2.22. The zero-order valence-corrected chi connectivity index (χ0v) is 7.96. The number of aromatic nitrogens is 2. The third-order valence-electron chi connectivity index (χ3n) is 1.49. The SMILES string of the molecule is CC(C)c1nnc(C(C)(C)N)o1. The van der Waals surface area contributed by atoms with Gasteiger partial charge >= 0.3 is 0 Å². The highest BCUT2D eigenvalue weighted by molar-refractivity contribution is 4.96. The van der Waals surface area contributed by atoms with Crippen LogP contribution in [0.4, 0.5) is 0 Å². The van der Waals surface area contributed by atoms with Crippen LogP contribution < -0.4 is 5.73 Å². The van der Waals surface area contributed by atoms with Gasteiger partial charge in [0, 0.05) is 5.92 Å². The molecule has 0 saturated carbocycles. The van der Waals surface area contributed by atoms with Gasteiger partial charge in [-0.3, -0.25) is 0 Å². The number of rotatable bonds is 2. The molecule has 1 aromatic rings. The Labute approximate surface area is 72.2 Å². The van der Waals surface area contributed by atoms with Gasteiger partial charge in [-0.15, -0.1) is 10.2 Å². The molecule has 1 aromatic heterocycles. The van der Waals surface area contributed by atoms with E-state index in [0.29, 0.717) is 11.8 Å². The van der Waals surface area contributed by atoms with Crippen LogP contribution in [0.5, 0.6) is 0 Å². The fourth-order valence-corrected chi connectivity index (χ4v) is 0.728. The topological polar surface area (TPSA) is 64.9 Å². The van der Waals surface area contributed by atoms with Gasteiger partial charge in [0.25, 0.3) is 0 Å². The first-order valence-corrected chi connectivity index (χ1v) is 4.04. The van der Waals surface area contributed by atoms with Crippen molar-refractivity contribution in [1.29, 1.82) is 0 Å². The van der Waals surface area contributed by atoms with E-state index in [1.807, 2.05) is 27.7 Å². The Bertz CT molecular complexity index is 260. The Morgan fingerprint density at radius 1 is 1.33 bits per heavy atom. The fourth-order valence-electron chi connectivity index (χ4n) is 0.728. The highest BCUT2D eigenvalue weighted by Crippen LogP contribution is 2.18. The number of hydrogen-bond donors (Lipinski definition) is 1. The van der Waals surface area contributed by atoms with Crippen LogP contribution in [-0.2, 0) is 5.54 Å². The molecule has 0 fully saturated rings. The second-order valence-corrected chi connectivity index (χ2v) is 3.82. The van der Waals surface area contributed by atoms with Crippen LogP contribution in [0, 0.1) is 0 Å². The van der Waals surface area contributed by atoms with Crippen molar-refractivity contribution < 1.29 is 4.42 Å². The zero-order chi connectivity index (χ0) is 9.35. The molecule has 1 rings (SSSR count). The standard InChI is InChI=1S/C8H15N3O/c1-5(2)6-10-11-7(12-6)8(3,4)9/h5H,9H2,1-4H3. The van der Waals surface area contributed by atoms with E-state index >= 15 is 0 Å². The Balaban J connectivity index is 2.92. The van der Waals surface area contributed by atoms with Gasteiger partial charge < -0.3 is 10.2 Å². The molecule has 0 radical (unpaired) electrons. The summed E-state index contributed by atoms with van der Waals surface area (Å²) in [6.45, 7) is 7.68. The Kier molecular flexibility index (Phi) is 2.19. The lowest BCUT2D eigenvalue weighted by Crippen LogP contribution is -2.29. The van der Waals surface area contributed by atoms with Crippen LogP contribution in [0.3, 0.4) is 0 Å². The monoisotopic (exact) mass is 169 g/mol. The molecule has 0 spiro atoms. The van der Waals surface area contributed by atoms with E-state index < -0.39 is 5.54 Å². The van der Waals surface area contributed by atoms with Gasteiger partial charge in [0.05, 0.1) is 5.54 Å². The predicted octanol–water partition coefficient (Wildman–Crippen LogP) is 1.39. The van der Waals surface area contributed by atoms with Crippen molar-refractivity contribution in [3.63, 3.8) is 0 Å². The second kappa shape index (κ2) is 2.86. The summed E-state index contributed by atoms with van der Waals surface area (Å²) >= 11 is 0. The van der Waals surface area contributed by atoms with E-state index in [0.717, 1.165) is 0 Å². The quantitative estimate of drug-likeness (QED) is 0.726. The molecule has 0 amide bonds. The fraction of sp³-hybridized carbons (Fsp3) is 0.750. The van der Waals surface area contributed by atoms with Gasteiger partial charge in [0.15, 0.2) is 0 Å². The van der Waals surface area contributed by atoms with Crippen molar-refractivity contribution in [2.24, 2.45) is 5.73 Å². The van der Waals surface area contributed by atoms with Gasteiger partial charge in [-0.25, -0.2) is 0 Å². The minimum Gasteiger partial charge on any atom is -0.423 e. The lowest BCUT2D eigenvalue weighted by molar-refractivity contribution is 0.352. The normalized spacial score (nSPS) is 12.5. The molecule has 0 atom stereocenters. The highest BCUT2D eigenvalue weighted by atomic mass is 16.4. The van der Waals surface area contributed by atoms with E-state index in [-0.39, 0.29) is 5.92 Å². The average Bonchev–Trinajstić information content (AvgIpc) is 2.30. The molecule has 0 aliphatic heterocycles. The van der Waals surface area contributed by atoms with Gasteiger partial charge in [-0.1, -0.05) is 13.8 Å². The summed E-state index contributed by atoms with van der Waals surface area (Å²) < 4.78 is 5.36. The van der Waals surface area contributed by atoms with Gasteiger partial charge in [-0.2, -0.15) is 0 Å². The molecule has 4 heteroatoms.